The lowest BCUT2D eigenvalue weighted by Gasteiger charge is -2.55. The third kappa shape index (κ3) is 0.991. The fraction of sp³-hybridized carbons (Fsp3) is 1.00. The van der Waals surface area contributed by atoms with Crippen molar-refractivity contribution in [1.82, 2.24) is 0 Å². The molecule has 0 nitrogen and oxygen atoms in total. The monoisotopic (exact) mass is 486 g/mol. The second-order valence-electron chi connectivity index (χ2n) is 7.40. The Hall–Kier alpha value is -1.26. The second-order valence-corrected chi connectivity index (χ2v) is 7.40. The predicted octanol–water partition coefficient (Wildman–Crippen LogP) is 5.10. The average molecular weight is 486 g/mol. The van der Waals surface area contributed by atoms with Crippen molar-refractivity contribution < 1.29 is 79.0 Å². The summed E-state index contributed by atoms with van der Waals surface area (Å²) in [4.78, 5) is 0. The largest absolute Gasteiger partial charge is 0.356 e. The summed E-state index contributed by atoms with van der Waals surface area (Å²) < 4.78 is 254. The first-order valence-corrected chi connectivity index (χ1v) is 7.15. The highest BCUT2D eigenvalue weighted by Gasteiger charge is 3.30. The van der Waals surface area contributed by atoms with Gasteiger partial charge in [0.15, 0.2) is 0 Å². The quantitative estimate of drug-likeness (QED) is 0.330. The summed E-state index contributed by atoms with van der Waals surface area (Å²) in [5.41, 5.74) is -48.1. The molecule has 4 aliphatic carbocycles. The van der Waals surface area contributed by atoms with Gasteiger partial charge in [-0.15, -0.1) is 0 Å². The number of hydrogen-bond donors (Lipinski definition) is 0. The third-order valence-corrected chi connectivity index (χ3v) is 6.62. The van der Waals surface area contributed by atoms with E-state index in [0.29, 0.717) is 0 Å². The first-order chi connectivity index (χ1) is 12.8. The zero-order chi connectivity index (χ0) is 24.0. The fourth-order valence-corrected chi connectivity index (χ4v) is 5.28. The maximum Gasteiger partial charge on any atom is 0.356 e. The lowest BCUT2D eigenvalue weighted by atomic mass is 9.58. The molecule has 4 bridgehead atoms. The molecular weight excluding hydrogens is 486 g/mol. The van der Waals surface area contributed by atoms with Gasteiger partial charge < -0.3 is 0 Å². The molecular formula is C12F18. The van der Waals surface area contributed by atoms with Crippen LogP contribution in [0.15, 0.2) is 0 Å². The second kappa shape index (κ2) is 3.96. The topological polar surface area (TPSA) is 0 Å². The minimum atomic E-state index is -8.02. The molecule has 0 heterocycles. The lowest BCUT2D eigenvalue weighted by Crippen LogP contribution is -2.88. The molecule has 0 N–H and O–H groups in total. The van der Waals surface area contributed by atoms with Gasteiger partial charge in [0.2, 0.25) is 11.3 Å². The third-order valence-electron chi connectivity index (χ3n) is 6.62. The van der Waals surface area contributed by atoms with E-state index in [-0.39, 0.29) is 0 Å². The van der Waals surface area contributed by atoms with Crippen molar-refractivity contribution in [3.8, 4) is 0 Å². The summed E-state index contributed by atoms with van der Waals surface area (Å²) in [6.07, 6.45) is 0. The molecule has 4 atom stereocenters. The van der Waals surface area contributed by atoms with Crippen LogP contribution in [0, 0.1) is 0 Å². The molecule has 4 fully saturated rings. The summed E-state index contributed by atoms with van der Waals surface area (Å²) in [6.45, 7) is 0. The zero-order valence-corrected chi connectivity index (χ0v) is 12.8. The minimum absolute atomic E-state index is 7.82. The maximum absolute atomic E-state index is 15.0. The highest BCUT2D eigenvalue weighted by molar-refractivity contribution is 5.65. The van der Waals surface area contributed by atoms with Crippen molar-refractivity contribution in [3.63, 3.8) is 0 Å². The van der Waals surface area contributed by atoms with Crippen molar-refractivity contribution in [2.75, 3.05) is 0 Å². The van der Waals surface area contributed by atoms with E-state index in [1.807, 2.05) is 0 Å². The van der Waals surface area contributed by atoms with Gasteiger partial charge in [0.1, 0.15) is 0 Å². The molecule has 0 aromatic rings. The molecule has 0 saturated heterocycles. The molecule has 4 aliphatic rings. The van der Waals surface area contributed by atoms with Gasteiger partial charge in [-0.05, 0) is 0 Å². The van der Waals surface area contributed by atoms with Gasteiger partial charge in [0.25, 0.3) is 22.7 Å². The molecule has 30 heavy (non-hydrogen) atoms. The first-order valence-electron chi connectivity index (χ1n) is 7.15. The van der Waals surface area contributed by atoms with Gasteiger partial charge in [-0.25, -0.2) is 26.3 Å². The molecule has 4 saturated carbocycles. The minimum Gasteiger partial charge on any atom is -0.232 e. The van der Waals surface area contributed by atoms with Crippen LogP contribution in [0.2, 0.25) is 0 Å². The van der Waals surface area contributed by atoms with Gasteiger partial charge >= 0.3 is 35.5 Å². The van der Waals surface area contributed by atoms with E-state index in [9.17, 15) is 70.2 Å². The summed E-state index contributed by atoms with van der Waals surface area (Å²) in [5, 5.41) is 0. The van der Waals surface area contributed by atoms with Crippen LogP contribution in [0.25, 0.3) is 0 Å². The van der Waals surface area contributed by atoms with Crippen LogP contribution in [0.5, 0.6) is 0 Å². The molecule has 4 rings (SSSR count). The van der Waals surface area contributed by atoms with E-state index in [1.165, 1.54) is 0 Å². The Kier molecular flexibility index (Phi) is 2.90. The van der Waals surface area contributed by atoms with E-state index < -0.39 is 69.5 Å². The van der Waals surface area contributed by atoms with Crippen molar-refractivity contribution in [2.45, 2.75) is 69.5 Å². The Morgan fingerprint density at radius 1 is 0.167 bits per heavy atom. The van der Waals surface area contributed by atoms with Gasteiger partial charge in [0, 0.05) is 0 Å². The van der Waals surface area contributed by atoms with Gasteiger partial charge in [-0.3, -0.25) is 0 Å². The highest BCUT2D eigenvalue weighted by atomic mass is 19.4. The number of hydrogen-bond acceptors (Lipinski definition) is 0. The van der Waals surface area contributed by atoms with Gasteiger partial charge in [-0.1, -0.05) is 0 Å². The maximum atomic E-state index is 15.0. The Bertz CT molecular complexity index is 758. The smallest absolute Gasteiger partial charge is 0.232 e. The van der Waals surface area contributed by atoms with E-state index in [4.69, 9.17) is 0 Å². The first kappa shape index (κ1) is 22.0. The van der Waals surface area contributed by atoms with Crippen LogP contribution >= 0.6 is 0 Å². The SMILES string of the molecule is FC1(F)C(F)(F)C2(F)C(F)(F)C1(F)C1(F)C3(F)C(F)(F)C(F)(F)C(F)(C3(F)F)C21F. The van der Waals surface area contributed by atoms with Crippen LogP contribution in [0.4, 0.5) is 79.0 Å². The normalized spacial score (nSPS) is 59.4. The van der Waals surface area contributed by atoms with Crippen molar-refractivity contribution in [1.29, 1.82) is 0 Å². The van der Waals surface area contributed by atoms with Gasteiger partial charge in [-0.2, -0.15) is 52.7 Å². The number of fused-ring (bicyclic) bond motifs is 9. The molecule has 174 valence electrons. The van der Waals surface area contributed by atoms with Crippen molar-refractivity contribution >= 4 is 0 Å². The fourth-order valence-electron chi connectivity index (χ4n) is 5.28. The summed E-state index contributed by atoms with van der Waals surface area (Å²) in [6, 6.07) is 0. The summed E-state index contributed by atoms with van der Waals surface area (Å²) in [7, 11) is 0. The Labute approximate surface area is 150 Å². The van der Waals surface area contributed by atoms with Crippen LogP contribution in [-0.2, 0) is 0 Å². The molecule has 4 unspecified atom stereocenters. The molecule has 0 radical (unpaired) electrons. The zero-order valence-electron chi connectivity index (χ0n) is 12.8. The molecule has 0 aromatic heterocycles. The van der Waals surface area contributed by atoms with Crippen LogP contribution < -0.4 is 0 Å². The van der Waals surface area contributed by atoms with E-state index in [0.717, 1.165) is 0 Å². The highest BCUT2D eigenvalue weighted by Crippen LogP contribution is 2.96. The Morgan fingerprint density at radius 2 is 0.300 bits per heavy atom. The predicted molar refractivity (Wildman–Crippen MR) is 52.7 cm³/mol. The number of rotatable bonds is 0. The summed E-state index contributed by atoms with van der Waals surface area (Å²) >= 11 is 0. The van der Waals surface area contributed by atoms with Gasteiger partial charge in [0.05, 0.1) is 0 Å². The Balaban J connectivity index is 2.36. The van der Waals surface area contributed by atoms with Crippen molar-refractivity contribution in [3.05, 3.63) is 0 Å². The standard InChI is InChI=1S/C12F18/c13-1-2(14,5(17)7(19,20)3(1,15)9(23,24)11(5,27)28)6(18)8(21,22)4(1,16)10(25,26)12(6,29)30. The van der Waals surface area contributed by atoms with Crippen LogP contribution in [0.1, 0.15) is 0 Å². The van der Waals surface area contributed by atoms with E-state index in [2.05, 4.69) is 0 Å². The molecule has 0 amide bonds. The number of alkyl halides is 18. The molecule has 0 spiro atoms. The Morgan fingerprint density at radius 3 is 0.433 bits per heavy atom. The lowest BCUT2D eigenvalue weighted by molar-refractivity contribution is -0.424. The number of halogens is 18. The average Bonchev–Trinajstić information content (AvgIpc) is 2.80. The molecule has 18 heteroatoms. The molecule has 0 aromatic carbocycles. The van der Waals surface area contributed by atoms with Crippen LogP contribution in [-0.4, -0.2) is 69.5 Å². The van der Waals surface area contributed by atoms with Crippen LogP contribution in [0.3, 0.4) is 0 Å². The van der Waals surface area contributed by atoms with E-state index in [1.54, 1.807) is 0 Å². The molecule has 0 aliphatic heterocycles. The summed E-state index contributed by atoms with van der Waals surface area (Å²) in [5.74, 6) is -46.9. The van der Waals surface area contributed by atoms with Crippen molar-refractivity contribution in [2.24, 2.45) is 0 Å². The van der Waals surface area contributed by atoms with E-state index >= 15 is 8.78 Å².